The summed E-state index contributed by atoms with van der Waals surface area (Å²) in [5.41, 5.74) is 8.22. The van der Waals surface area contributed by atoms with Crippen molar-refractivity contribution in [1.82, 2.24) is 9.13 Å². The summed E-state index contributed by atoms with van der Waals surface area (Å²) in [6.45, 7) is 7.64. The van der Waals surface area contributed by atoms with Gasteiger partial charge in [-0.3, -0.25) is 0 Å². The van der Waals surface area contributed by atoms with E-state index in [1.807, 2.05) is 24.3 Å². The lowest BCUT2D eigenvalue weighted by atomic mass is 10.0. The molecule has 0 N–H and O–H groups in total. The second-order valence-corrected chi connectivity index (χ2v) is 10.7. The molecule has 0 saturated heterocycles. The average molecular weight is 549 g/mol. The summed E-state index contributed by atoms with van der Waals surface area (Å²) in [5.74, 6) is 0. The van der Waals surface area contributed by atoms with E-state index in [2.05, 4.69) is 111 Å². The first kappa shape index (κ1) is 23.4. The largest absolute Gasteiger partial charge is 0.466 e. The van der Waals surface area contributed by atoms with Crippen LogP contribution in [0, 0.1) is 17.9 Å². The molecule has 0 aliphatic heterocycles. The second-order valence-electron chi connectivity index (χ2n) is 10.7. The number of furan rings is 1. The highest BCUT2D eigenvalue weighted by molar-refractivity contribution is 6.21. The Morgan fingerprint density at radius 2 is 1.12 bits per heavy atom. The number of benzene rings is 6. The normalized spacial score (nSPS) is 11.7. The third-order valence-electron chi connectivity index (χ3n) is 8.56. The summed E-state index contributed by atoms with van der Waals surface area (Å²) >= 11 is 0. The van der Waals surface area contributed by atoms with Gasteiger partial charge in [0.15, 0.2) is 5.58 Å². The first-order chi connectivity index (χ1) is 21.3. The van der Waals surface area contributed by atoms with Crippen molar-refractivity contribution in [3.63, 3.8) is 0 Å². The van der Waals surface area contributed by atoms with Gasteiger partial charge in [0.2, 0.25) is 5.69 Å². The van der Waals surface area contributed by atoms with Crippen LogP contribution in [0.1, 0.15) is 5.56 Å². The number of rotatable bonds is 2. The predicted octanol–water partition coefficient (Wildman–Crippen LogP) is 10.2. The Labute approximate surface area is 245 Å². The molecule has 5 heteroatoms. The zero-order valence-electron chi connectivity index (χ0n) is 22.7. The monoisotopic (exact) mass is 548 g/mol. The van der Waals surface area contributed by atoms with Gasteiger partial charge in [-0.05, 0) is 42.5 Å². The number of nitrogens with zero attached hydrogens (tertiary/aromatic N) is 4. The third kappa shape index (κ3) is 3.08. The van der Waals surface area contributed by atoms with Crippen LogP contribution < -0.4 is 0 Å². The molecule has 0 aliphatic carbocycles. The van der Waals surface area contributed by atoms with Crippen LogP contribution in [-0.2, 0) is 0 Å². The lowest BCUT2D eigenvalue weighted by molar-refractivity contribution is 0.670. The van der Waals surface area contributed by atoms with E-state index in [1.165, 1.54) is 10.8 Å². The molecule has 198 valence electrons. The van der Waals surface area contributed by atoms with Gasteiger partial charge in [-0.25, -0.2) is 4.85 Å². The maximum absolute atomic E-state index is 10.5. The Bertz CT molecular complexity index is 2650. The molecule has 9 aromatic rings. The van der Waals surface area contributed by atoms with Crippen LogP contribution in [0.4, 0.5) is 5.69 Å². The van der Waals surface area contributed by atoms with Crippen molar-refractivity contribution in [3.8, 4) is 17.4 Å². The van der Waals surface area contributed by atoms with Gasteiger partial charge < -0.3 is 13.6 Å². The minimum absolute atomic E-state index is 0.439. The van der Waals surface area contributed by atoms with Crippen LogP contribution >= 0.6 is 0 Å². The van der Waals surface area contributed by atoms with Gasteiger partial charge in [-0.15, -0.1) is 0 Å². The highest BCUT2D eigenvalue weighted by Gasteiger charge is 2.22. The van der Waals surface area contributed by atoms with Crippen LogP contribution in [0.2, 0.25) is 0 Å². The number of nitriles is 1. The van der Waals surface area contributed by atoms with E-state index in [1.54, 1.807) is 6.07 Å². The molecular formula is C38H20N4O. The smallest absolute Gasteiger partial charge is 0.229 e. The van der Waals surface area contributed by atoms with Crippen molar-refractivity contribution in [2.24, 2.45) is 0 Å². The topological polar surface area (TPSA) is 51.1 Å². The molecule has 0 amide bonds. The predicted molar refractivity (Wildman–Crippen MR) is 173 cm³/mol. The molecular weight excluding hydrogens is 528 g/mol. The molecule has 0 aliphatic rings. The second kappa shape index (κ2) is 8.60. The number of aromatic nitrogens is 2. The molecule has 9 rings (SSSR count). The lowest BCUT2D eigenvalue weighted by Crippen LogP contribution is -1.98. The summed E-state index contributed by atoms with van der Waals surface area (Å²) in [6, 6.07) is 43.9. The first-order valence-electron chi connectivity index (χ1n) is 14.0. The number of para-hydroxylation sites is 4. The lowest BCUT2D eigenvalue weighted by Gasteiger charge is -2.13. The quantitative estimate of drug-likeness (QED) is 0.202. The molecule has 0 atom stereocenters. The fourth-order valence-corrected chi connectivity index (χ4v) is 6.81. The fraction of sp³-hybridized carbons (Fsp3) is 0. The minimum atomic E-state index is 0.439. The number of fused-ring (bicyclic) bond motifs is 9. The molecule has 3 heterocycles. The van der Waals surface area contributed by atoms with E-state index in [-0.39, 0.29) is 0 Å². The van der Waals surface area contributed by atoms with Gasteiger partial charge in [-0.1, -0.05) is 78.9 Å². The Morgan fingerprint density at radius 1 is 0.558 bits per heavy atom. The molecule has 0 bridgehead atoms. The average Bonchev–Trinajstić information content (AvgIpc) is 3.71. The maximum atomic E-state index is 10.5. The molecule has 0 saturated carbocycles. The van der Waals surface area contributed by atoms with Crippen molar-refractivity contribution in [3.05, 3.63) is 138 Å². The summed E-state index contributed by atoms with van der Waals surface area (Å²) < 4.78 is 10.8. The highest BCUT2D eigenvalue weighted by atomic mass is 16.3. The Hall–Kier alpha value is -6.30. The molecule has 6 aromatic carbocycles. The maximum Gasteiger partial charge on any atom is 0.229 e. The third-order valence-corrected chi connectivity index (χ3v) is 8.56. The van der Waals surface area contributed by atoms with E-state index >= 15 is 0 Å². The van der Waals surface area contributed by atoms with Crippen molar-refractivity contribution in [2.75, 3.05) is 0 Å². The molecule has 0 spiro atoms. The van der Waals surface area contributed by atoms with Crippen LogP contribution in [0.25, 0.3) is 81.8 Å². The van der Waals surface area contributed by atoms with E-state index in [4.69, 9.17) is 11.0 Å². The van der Waals surface area contributed by atoms with Gasteiger partial charge in [0.05, 0.1) is 28.6 Å². The zero-order chi connectivity index (χ0) is 28.7. The number of hydrogen-bond donors (Lipinski definition) is 0. The first-order valence-corrected chi connectivity index (χ1v) is 14.0. The van der Waals surface area contributed by atoms with E-state index in [9.17, 15) is 5.26 Å². The molecule has 0 unspecified atom stereocenters. The minimum Gasteiger partial charge on any atom is -0.466 e. The highest BCUT2D eigenvalue weighted by Crippen LogP contribution is 2.43. The van der Waals surface area contributed by atoms with E-state index < -0.39 is 0 Å². The zero-order valence-corrected chi connectivity index (χ0v) is 22.7. The van der Waals surface area contributed by atoms with E-state index in [0.29, 0.717) is 22.4 Å². The van der Waals surface area contributed by atoms with Crippen LogP contribution in [0.3, 0.4) is 0 Å². The van der Waals surface area contributed by atoms with Crippen molar-refractivity contribution in [1.29, 1.82) is 5.26 Å². The van der Waals surface area contributed by atoms with Gasteiger partial charge in [0.25, 0.3) is 0 Å². The summed E-state index contributed by atoms with van der Waals surface area (Å²) in [6.07, 6.45) is 0. The molecule has 3 aromatic heterocycles. The molecule has 0 radical (unpaired) electrons. The standard InChI is InChI=1S/C38H20N4O/c1-40-31-16-9-15-27-29-21-35-36(30(22-39)37(29)43-38(27)31)28-14-4-7-19-34(28)42(35)24-11-8-10-23(20-24)41-32-17-5-2-12-25(32)26-13-3-6-18-33(26)41/h2-21H. The molecule has 43 heavy (non-hydrogen) atoms. The summed E-state index contributed by atoms with van der Waals surface area (Å²) in [4.78, 5) is 3.66. The van der Waals surface area contributed by atoms with Gasteiger partial charge in [0.1, 0.15) is 17.2 Å². The van der Waals surface area contributed by atoms with Crippen LogP contribution in [0.15, 0.2) is 126 Å². The van der Waals surface area contributed by atoms with Gasteiger partial charge >= 0.3 is 0 Å². The van der Waals surface area contributed by atoms with Crippen LogP contribution in [0.5, 0.6) is 0 Å². The van der Waals surface area contributed by atoms with Gasteiger partial charge in [-0.2, -0.15) is 5.26 Å². The Balaban J connectivity index is 1.40. The SMILES string of the molecule is [C-]#[N+]c1cccc2c1oc1c(C#N)c3c4ccccc4n(-c4cccc(-n5c6ccccc6c6ccccc65)c4)c3cc12. The van der Waals surface area contributed by atoms with Crippen LogP contribution in [-0.4, -0.2) is 9.13 Å². The van der Waals surface area contributed by atoms with Crippen molar-refractivity contribution < 1.29 is 4.42 Å². The Kier molecular flexibility index (Phi) is 4.68. The molecule has 0 fully saturated rings. The summed E-state index contributed by atoms with van der Waals surface area (Å²) in [5, 5.41) is 16.4. The fourth-order valence-electron chi connectivity index (χ4n) is 6.81. The van der Waals surface area contributed by atoms with E-state index in [0.717, 1.165) is 55.0 Å². The molecule has 5 nitrogen and oxygen atoms in total. The Morgan fingerprint density at radius 3 is 1.77 bits per heavy atom. The van der Waals surface area contributed by atoms with Crippen molar-refractivity contribution in [2.45, 2.75) is 0 Å². The number of hydrogen-bond acceptors (Lipinski definition) is 2. The van der Waals surface area contributed by atoms with Crippen molar-refractivity contribution >= 4 is 71.2 Å². The summed E-state index contributed by atoms with van der Waals surface area (Å²) in [7, 11) is 0. The van der Waals surface area contributed by atoms with Gasteiger partial charge in [0, 0.05) is 43.7 Å².